The van der Waals surface area contributed by atoms with Crippen molar-refractivity contribution in [3.05, 3.63) is 119 Å². The second-order valence-corrected chi connectivity index (χ2v) is 18.6. The fourth-order valence-electron chi connectivity index (χ4n) is 10.2. The molecule has 8 heterocycles. The van der Waals surface area contributed by atoms with Crippen LogP contribution in [0.5, 0.6) is 23.0 Å². The van der Waals surface area contributed by atoms with Crippen LogP contribution >= 0.6 is 0 Å². The third kappa shape index (κ3) is 9.54. The number of methoxy groups -OCH3 is 3. The summed E-state index contributed by atoms with van der Waals surface area (Å²) in [6, 6.07) is 7.09. The summed E-state index contributed by atoms with van der Waals surface area (Å²) in [5.41, 5.74) is 5.79. The first-order chi connectivity index (χ1) is 34.5. The van der Waals surface area contributed by atoms with E-state index in [0.29, 0.717) is 34.9 Å². The minimum atomic E-state index is -0.778. The lowest BCUT2D eigenvalue weighted by Crippen LogP contribution is -2.41. The molecule has 0 bridgehead atoms. The van der Waals surface area contributed by atoms with Crippen molar-refractivity contribution in [1.82, 2.24) is 49.3 Å². The van der Waals surface area contributed by atoms with E-state index < -0.39 is 23.3 Å². The van der Waals surface area contributed by atoms with Crippen LogP contribution in [0.25, 0.3) is 44.3 Å². The predicted molar refractivity (Wildman–Crippen MR) is 262 cm³/mol. The Morgan fingerprint density at radius 3 is 1.52 bits per heavy atom. The largest absolute Gasteiger partial charge is 0.494 e. The van der Waals surface area contributed by atoms with Crippen molar-refractivity contribution in [3.63, 3.8) is 0 Å². The van der Waals surface area contributed by atoms with Gasteiger partial charge in [0.1, 0.15) is 11.3 Å². The summed E-state index contributed by atoms with van der Waals surface area (Å²) in [7, 11) is 4.01. The molecule has 18 heteroatoms. The van der Waals surface area contributed by atoms with E-state index in [0.717, 1.165) is 91.4 Å². The monoisotopic (exact) mass is 974 g/mol. The van der Waals surface area contributed by atoms with E-state index in [4.69, 9.17) is 29.1 Å². The SMILES string of the molecule is CCN1CCC(n2cc(-c3cnc4[nH]cc(Cc5c(F)c(OC)cc(OCCC(C)N6CCC(n7cc(-c8cnc9[nH]cc(Cc%10c(F)c(OC)cc(OC)c%10F)c9c8)cn7)CC6)c5F)c4c3)cn2)CC1. The number of benzene rings is 2. The molecule has 2 fully saturated rings. The van der Waals surface area contributed by atoms with E-state index in [9.17, 15) is 0 Å². The van der Waals surface area contributed by atoms with E-state index >= 15 is 17.6 Å². The van der Waals surface area contributed by atoms with Gasteiger partial charge in [-0.25, -0.2) is 27.5 Å². The molecule has 2 aliphatic rings. The topological polar surface area (TPSA) is 136 Å². The lowest BCUT2D eigenvalue weighted by molar-refractivity contribution is 0.121. The first-order valence-electron chi connectivity index (χ1n) is 24.3. The Labute approximate surface area is 408 Å². The number of aromatic amines is 2. The Bertz CT molecular complexity index is 3140. The number of nitrogens with zero attached hydrogens (tertiary/aromatic N) is 8. The van der Waals surface area contributed by atoms with Crippen LogP contribution in [0.4, 0.5) is 17.6 Å². The number of hydrogen-bond acceptors (Lipinski definition) is 10. The number of likely N-dealkylation sites (tertiary alicyclic amines) is 2. The molecule has 71 heavy (non-hydrogen) atoms. The zero-order chi connectivity index (χ0) is 49.3. The molecule has 0 aliphatic carbocycles. The van der Waals surface area contributed by atoms with Gasteiger partial charge in [-0.15, -0.1) is 0 Å². The molecule has 2 aromatic carbocycles. The highest BCUT2D eigenvalue weighted by Gasteiger charge is 2.28. The minimum Gasteiger partial charge on any atom is -0.494 e. The highest BCUT2D eigenvalue weighted by Crippen LogP contribution is 2.37. The molecular formula is C53H58F4N10O4. The van der Waals surface area contributed by atoms with Crippen molar-refractivity contribution in [1.29, 1.82) is 0 Å². The quantitative estimate of drug-likeness (QED) is 0.0849. The Hall–Kier alpha value is -6.92. The average molecular weight is 975 g/mol. The summed E-state index contributed by atoms with van der Waals surface area (Å²) in [6.45, 7) is 9.36. The number of H-pyrrole nitrogens is 2. The van der Waals surface area contributed by atoms with Crippen molar-refractivity contribution in [2.45, 2.75) is 76.9 Å². The van der Waals surface area contributed by atoms with Gasteiger partial charge in [0, 0.05) is 139 Å². The second kappa shape index (κ2) is 20.4. The predicted octanol–water partition coefficient (Wildman–Crippen LogP) is 10.1. The van der Waals surface area contributed by atoms with Crippen molar-refractivity contribution < 1.29 is 36.5 Å². The van der Waals surface area contributed by atoms with Crippen LogP contribution in [0.15, 0.2) is 73.8 Å². The molecule has 2 saturated heterocycles. The Kier molecular flexibility index (Phi) is 13.7. The van der Waals surface area contributed by atoms with Gasteiger partial charge in [-0.1, -0.05) is 6.92 Å². The summed E-state index contributed by atoms with van der Waals surface area (Å²) >= 11 is 0. The zero-order valence-corrected chi connectivity index (χ0v) is 40.6. The molecule has 2 N–H and O–H groups in total. The van der Waals surface area contributed by atoms with Crippen molar-refractivity contribution in [2.75, 3.05) is 60.7 Å². The van der Waals surface area contributed by atoms with Crippen LogP contribution in [-0.2, 0) is 12.8 Å². The molecule has 372 valence electrons. The summed E-state index contributed by atoms with van der Waals surface area (Å²) in [5.74, 6) is -3.43. The molecule has 1 unspecified atom stereocenters. The molecule has 0 radical (unpaired) electrons. The maximum Gasteiger partial charge on any atom is 0.171 e. The zero-order valence-electron chi connectivity index (χ0n) is 40.6. The minimum absolute atomic E-state index is 0.0410. The highest BCUT2D eigenvalue weighted by molar-refractivity contribution is 5.86. The van der Waals surface area contributed by atoms with Gasteiger partial charge in [-0.3, -0.25) is 9.36 Å². The maximum absolute atomic E-state index is 16.3. The van der Waals surface area contributed by atoms with Gasteiger partial charge < -0.3 is 38.7 Å². The summed E-state index contributed by atoms with van der Waals surface area (Å²) in [5, 5.41) is 10.9. The van der Waals surface area contributed by atoms with Gasteiger partial charge in [0.2, 0.25) is 0 Å². The lowest BCUT2D eigenvalue weighted by atomic mass is 10.0. The number of piperidine rings is 2. The Morgan fingerprint density at radius 2 is 1.06 bits per heavy atom. The normalized spacial score (nSPS) is 15.8. The van der Waals surface area contributed by atoms with Crippen LogP contribution in [0.2, 0.25) is 0 Å². The van der Waals surface area contributed by atoms with Crippen molar-refractivity contribution in [2.24, 2.45) is 0 Å². The standard InChI is InChI=1S/C53H58F4N10O4/c1-6-64-12-7-38(8-13-64)66-29-36(27-62-66)32-18-41-35(26-61-53(41)59-23-32)20-43-50(56)46(70-5)22-47(51(43)57)71-16-11-31(2)65-14-9-39(10-15-65)67-30-37(28-63-67)33-17-40-34(25-60-52(40)58-24-33)19-42-48(54)44(68-3)21-45(69-4)49(42)55/h17-18,21-31,38-39H,6-16,19-20H2,1-5H3,(H,58,60)(H,59,61). The van der Waals surface area contributed by atoms with Crippen molar-refractivity contribution >= 4 is 22.1 Å². The van der Waals surface area contributed by atoms with Gasteiger partial charge in [0.15, 0.2) is 46.3 Å². The molecule has 6 aromatic heterocycles. The van der Waals surface area contributed by atoms with Crippen molar-refractivity contribution in [3.8, 4) is 45.3 Å². The first kappa shape index (κ1) is 47.7. The smallest absolute Gasteiger partial charge is 0.171 e. The van der Waals surface area contributed by atoms with E-state index in [2.05, 4.69) is 54.5 Å². The van der Waals surface area contributed by atoms with E-state index in [-0.39, 0.29) is 65.7 Å². The number of aromatic nitrogens is 8. The molecule has 10 rings (SSSR count). The molecule has 2 aliphatic heterocycles. The molecule has 0 amide bonds. The molecule has 0 saturated carbocycles. The molecular weight excluding hydrogens is 917 g/mol. The fraction of sp³-hybridized carbons (Fsp3) is 0.396. The number of halogens is 4. The molecule has 14 nitrogen and oxygen atoms in total. The molecule has 0 spiro atoms. The third-order valence-electron chi connectivity index (χ3n) is 14.6. The van der Waals surface area contributed by atoms with Crippen LogP contribution < -0.4 is 18.9 Å². The van der Waals surface area contributed by atoms with Gasteiger partial charge >= 0.3 is 0 Å². The number of hydrogen-bond donors (Lipinski definition) is 2. The lowest BCUT2D eigenvalue weighted by Gasteiger charge is -2.36. The van der Waals surface area contributed by atoms with Gasteiger partial charge in [0.05, 0.1) is 52.4 Å². The van der Waals surface area contributed by atoms with E-state index in [1.807, 2.05) is 35.4 Å². The summed E-state index contributed by atoms with van der Waals surface area (Å²) in [4.78, 5) is 20.4. The highest BCUT2D eigenvalue weighted by atomic mass is 19.1. The van der Waals surface area contributed by atoms with Crippen LogP contribution in [-0.4, -0.2) is 116 Å². The van der Waals surface area contributed by atoms with Gasteiger partial charge in [-0.2, -0.15) is 10.2 Å². The van der Waals surface area contributed by atoms with Gasteiger partial charge in [-0.05, 0) is 68.8 Å². The third-order valence-corrected chi connectivity index (χ3v) is 14.6. The molecule has 8 aromatic rings. The number of fused-ring (bicyclic) bond motifs is 2. The van der Waals surface area contributed by atoms with Gasteiger partial charge in [0.25, 0.3) is 0 Å². The maximum atomic E-state index is 16.3. The Balaban J connectivity index is 0.755. The number of ether oxygens (including phenoxy) is 4. The number of nitrogens with one attached hydrogen (secondary N) is 2. The van der Waals surface area contributed by atoms with Crippen LogP contribution in [0.3, 0.4) is 0 Å². The van der Waals surface area contributed by atoms with E-state index in [1.54, 1.807) is 24.8 Å². The van der Waals surface area contributed by atoms with E-state index in [1.165, 1.54) is 33.5 Å². The van der Waals surface area contributed by atoms with Crippen LogP contribution in [0.1, 0.15) is 80.3 Å². The fourth-order valence-corrected chi connectivity index (χ4v) is 10.2. The Morgan fingerprint density at radius 1 is 0.606 bits per heavy atom. The first-order valence-corrected chi connectivity index (χ1v) is 24.3. The number of pyridine rings is 2. The summed E-state index contributed by atoms with van der Waals surface area (Å²) < 4.78 is 88.6. The van der Waals surface area contributed by atoms with Crippen LogP contribution in [0, 0.1) is 23.3 Å². The molecule has 1 atom stereocenters. The average Bonchev–Trinajstić information content (AvgIpc) is 4.25. The second-order valence-electron chi connectivity index (χ2n) is 18.6. The summed E-state index contributed by atoms with van der Waals surface area (Å²) in [6.07, 6.45) is 19.1. The number of rotatable bonds is 17.